The van der Waals surface area contributed by atoms with E-state index >= 15 is 4.39 Å². The summed E-state index contributed by atoms with van der Waals surface area (Å²) in [7, 11) is 1.79. The van der Waals surface area contributed by atoms with Crippen molar-refractivity contribution in [2.45, 2.75) is 18.8 Å². The number of hydrogen-bond donors (Lipinski definition) is 0. The minimum absolute atomic E-state index is 0.0389. The standard InChI is InChI=1S/C19H18F4N4O/c1-26-9-13(8-25-26)14-4-5-24-18-15(14)3-2-12(17(18)20)10-27-6-7-28-16(11-27)19(21,22)23/h2-5,8-9,16H,6-7,10-11H2,1H3/t16-/m1/s1. The number of fused-ring (bicyclic) bond motifs is 1. The zero-order chi connectivity index (χ0) is 19.9. The van der Waals surface area contributed by atoms with Crippen molar-refractivity contribution in [2.75, 3.05) is 19.7 Å². The van der Waals surface area contributed by atoms with E-state index in [0.717, 1.165) is 11.1 Å². The zero-order valence-electron chi connectivity index (χ0n) is 15.1. The van der Waals surface area contributed by atoms with Crippen molar-refractivity contribution >= 4 is 10.9 Å². The van der Waals surface area contributed by atoms with Crippen molar-refractivity contribution in [1.29, 1.82) is 0 Å². The lowest BCUT2D eigenvalue weighted by Gasteiger charge is -2.33. The fraction of sp³-hybridized carbons (Fsp3) is 0.368. The van der Waals surface area contributed by atoms with Crippen LogP contribution < -0.4 is 0 Å². The Morgan fingerprint density at radius 2 is 2.07 bits per heavy atom. The van der Waals surface area contributed by atoms with Gasteiger partial charge in [0, 0.05) is 55.6 Å². The number of benzene rings is 1. The smallest absolute Gasteiger partial charge is 0.366 e. The number of aryl methyl sites for hydroxylation is 1. The molecule has 0 bridgehead atoms. The molecule has 2 aromatic heterocycles. The highest BCUT2D eigenvalue weighted by Gasteiger charge is 2.43. The molecule has 0 unspecified atom stereocenters. The molecule has 4 rings (SSSR count). The number of rotatable bonds is 3. The van der Waals surface area contributed by atoms with Crippen LogP contribution in [-0.2, 0) is 18.3 Å². The maximum Gasteiger partial charge on any atom is 0.415 e. The first kappa shape index (κ1) is 18.8. The second-order valence-electron chi connectivity index (χ2n) is 6.83. The van der Waals surface area contributed by atoms with E-state index in [4.69, 9.17) is 4.74 Å². The summed E-state index contributed by atoms with van der Waals surface area (Å²) in [4.78, 5) is 5.71. The number of ether oxygens (including phenoxy) is 1. The van der Waals surface area contributed by atoms with Crippen LogP contribution in [0.15, 0.2) is 36.8 Å². The van der Waals surface area contributed by atoms with Crippen LogP contribution in [0.4, 0.5) is 17.6 Å². The summed E-state index contributed by atoms with van der Waals surface area (Å²) < 4.78 is 60.3. The molecule has 1 aromatic carbocycles. The third-order valence-electron chi connectivity index (χ3n) is 4.86. The molecule has 0 spiro atoms. The third kappa shape index (κ3) is 3.59. The lowest BCUT2D eigenvalue weighted by molar-refractivity contribution is -0.237. The molecule has 5 nitrogen and oxygen atoms in total. The molecule has 9 heteroatoms. The summed E-state index contributed by atoms with van der Waals surface area (Å²) in [6.45, 7) is 0.0244. The van der Waals surface area contributed by atoms with Crippen molar-refractivity contribution in [3.05, 3.63) is 48.2 Å². The molecular formula is C19H18F4N4O. The normalized spacial score (nSPS) is 18.7. The fourth-order valence-corrected chi connectivity index (χ4v) is 3.45. The molecule has 0 amide bonds. The maximum absolute atomic E-state index is 15.1. The summed E-state index contributed by atoms with van der Waals surface area (Å²) in [5, 5.41) is 4.77. The van der Waals surface area contributed by atoms with Gasteiger partial charge in [0.05, 0.1) is 12.8 Å². The van der Waals surface area contributed by atoms with Gasteiger partial charge in [-0.1, -0.05) is 12.1 Å². The average Bonchev–Trinajstić information content (AvgIpc) is 3.09. The van der Waals surface area contributed by atoms with Crippen LogP contribution in [0.5, 0.6) is 0 Å². The van der Waals surface area contributed by atoms with Crippen LogP contribution in [0, 0.1) is 5.82 Å². The minimum atomic E-state index is -4.43. The van der Waals surface area contributed by atoms with E-state index < -0.39 is 18.1 Å². The van der Waals surface area contributed by atoms with E-state index in [1.54, 1.807) is 41.0 Å². The number of halogens is 4. The van der Waals surface area contributed by atoms with E-state index in [-0.39, 0.29) is 25.2 Å². The predicted molar refractivity (Wildman–Crippen MR) is 95.0 cm³/mol. The lowest BCUT2D eigenvalue weighted by atomic mass is 10.0. The van der Waals surface area contributed by atoms with Gasteiger partial charge < -0.3 is 4.74 Å². The number of pyridine rings is 1. The number of aromatic nitrogens is 3. The highest BCUT2D eigenvalue weighted by atomic mass is 19.4. The molecule has 1 fully saturated rings. The number of hydrogen-bond acceptors (Lipinski definition) is 4. The number of alkyl halides is 3. The monoisotopic (exact) mass is 394 g/mol. The van der Waals surface area contributed by atoms with Gasteiger partial charge in [0.2, 0.25) is 0 Å². The molecule has 1 aliphatic heterocycles. The largest absolute Gasteiger partial charge is 0.415 e. The Labute approximate surface area is 158 Å². The molecule has 3 heterocycles. The van der Waals surface area contributed by atoms with Gasteiger partial charge in [-0.15, -0.1) is 0 Å². The predicted octanol–water partition coefficient (Wildman–Crippen LogP) is 3.54. The topological polar surface area (TPSA) is 43.2 Å². The summed E-state index contributed by atoms with van der Waals surface area (Å²) in [5.74, 6) is -0.515. The maximum atomic E-state index is 15.1. The molecule has 0 aliphatic carbocycles. The molecule has 1 saturated heterocycles. The summed E-state index contributed by atoms with van der Waals surface area (Å²) in [5.41, 5.74) is 2.14. The van der Waals surface area contributed by atoms with Crippen molar-refractivity contribution in [2.24, 2.45) is 7.05 Å². The first-order valence-corrected chi connectivity index (χ1v) is 8.78. The molecule has 3 aromatic rings. The van der Waals surface area contributed by atoms with Gasteiger partial charge in [-0.05, 0) is 11.6 Å². The Balaban J connectivity index is 1.64. The molecule has 0 N–H and O–H groups in total. The van der Waals surface area contributed by atoms with Crippen molar-refractivity contribution in [3.63, 3.8) is 0 Å². The average molecular weight is 394 g/mol. The zero-order valence-corrected chi connectivity index (χ0v) is 15.1. The highest BCUT2D eigenvalue weighted by Crippen LogP contribution is 2.31. The fourth-order valence-electron chi connectivity index (χ4n) is 3.45. The van der Waals surface area contributed by atoms with Gasteiger partial charge in [0.1, 0.15) is 5.52 Å². The Kier molecular flexibility index (Phi) is 4.80. The Morgan fingerprint density at radius 1 is 1.25 bits per heavy atom. The molecule has 148 valence electrons. The van der Waals surface area contributed by atoms with E-state index in [0.29, 0.717) is 17.5 Å². The SMILES string of the molecule is Cn1cc(-c2ccnc3c(F)c(CN4CCO[C@@H](C(F)(F)F)C4)ccc23)cn1. The van der Waals surface area contributed by atoms with E-state index in [2.05, 4.69) is 10.1 Å². The third-order valence-corrected chi connectivity index (χ3v) is 4.86. The van der Waals surface area contributed by atoms with Gasteiger partial charge in [0.25, 0.3) is 0 Å². The lowest BCUT2D eigenvalue weighted by Crippen LogP contribution is -2.48. The van der Waals surface area contributed by atoms with Gasteiger partial charge in [0.15, 0.2) is 11.9 Å². The van der Waals surface area contributed by atoms with Crippen LogP contribution in [-0.4, -0.2) is 51.6 Å². The first-order chi connectivity index (χ1) is 13.3. The second-order valence-corrected chi connectivity index (χ2v) is 6.83. The van der Waals surface area contributed by atoms with E-state index in [9.17, 15) is 13.2 Å². The molecule has 28 heavy (non-hydrogen) atoms. The summed E-state index contributed by atoms with van der Waals surface area (Å²) in [6, 6.07) is 5.15. The van der Waals surface area contributed by atoms with Crippen molar-refractivity contribution in [1.82, 2.24) is 19.7 Å². The van der Waals surface area contributed by atoms with Crippen molar-refractivity contribution < 1.29 is 22.3 Å². The van der Waals surface area contributed by atoms with Crippen LogP contribution in [0.25, 0.3) is 22.0 Å². The molecule has 1 atom stereocenters. The Hall–Kier alpha value is -2.52. The highest BCUT2D eigenvalue weighted by molar-refractivity contribution is 5.94. The van der Waals surface area contributed by atoms with Crippen LogP contribution >= 0.6 is 0 Å². The van der Waals surface area contributed by atoms with Gasteiger partial charge in [-0.3, -0.25) is 14.6 Å². The van der Waals surface area contributed by atoms with E-state index in [1.807, 2.05) is 6.20 Å². The number of nitrogens with zero attached hydrogens (tertiary/aromatic N) is 4. The number of morpholine rings is 1. The van der Waals surface area contributed by atoms with E-state index in [1.165, 1.54) is 6.20 Å². The summed E-state index contributed by atoms with van der Waals surface area (Å²) >= 11 is 0. The van der Waals surface area contributed by atoms with Gasteiger partial charge >= 0.3 is 6.18 Å². The molecule has 0 radical (unpaired) electrons. The summed E-state index contributed by atoms with van der Waals surface area (Å²) in [6.07, 6.45) is -1.25. The van der Waals surface area contributed by atoms with Crippen LogP contribution in [0.2, 0.25) is 0 Å². The molecular weight excluding hydrogens is 376 g/mol. The quantitative estimate of drug-likeness (QED) is 0.638. The van der Waals surface area contributed by atoms with Gasteiger partial charge in [-0.2, -0.15) is 18.3 Å². The minimum Gasteiger partial charge on any atom is -0.366 e. The first-order valence-electron chi connectivity index (χ1n) is 8.78. The van der Waals surface area contributed by atoms with Crippen LogP contribution in [0.3, 0.4) is 0 Å². The second kappa shape index (κ2) is 7.14. The Morgan fingerprint density at radius 3 is 2.79 bits per heavy atom. The van der Waals surface area contributed by atoms with Gasteiger partial charge in [-0.25, -0.2) is 4.39 Å². The van der Waals surface area contributed by atoms with Crippen LogP contribution in [0.1, 0.15) is 5.56 Å². The Bertz CT molecular complexity index is 1000. The molecule has 1 aliphatic rings. The molecule has 0 saturated carbocycles. The van der Waals surface area contributed by atoms with Crippen molar-refractivity contribution in [3.8, 4) is 11.1 Å².